The molecule has 0 amide bonds. The second kappa shape index (κ2) is 3.12. The number of rotatable bonds is 1. The predicted octanol–water partition coefficient (Wildman–Crippen LogP) is 0.818. The summed E-state index contributed by atoms with van der Waals surface area (Å²) in [5.74, 6) is 0.839. The van der Waals surface area contributed by atoms with Gasteiger partial charge in [-0.3, -0.25) is 0 Å². The van der Waals surface area contributed by atoms with Gasteiger partial charge in [-0.15, -0.1) is 0 Å². The maximum Gasteiger partial charge on any atom is 0.139 e. The summed E-state index contributed by atoms with van der Waals surface area (Å²) in [6, 6.07) is 0. The van der Waals surface area contributed by atoms with Crippen LogP contribution < -0.4 is 5.32 Å². The molecule has 0 bridgehead atoms. The molecular weight excluding hydrogens is 168 g/mol. The van der Waals surface area contributed by atoms with E-state index in [4.69, 9.17) is 9.26 Å². The van der Waals surface area contributed by atoms with Crippen LogP contribution >= 0.6 is 0 Å². The molecule has 1 aliphatic rings. The van der Waals surface area contributed by atoms with Crippen molar-refractivity contribution in [2.24, 2.45) is 0 Å². The Morgan fingerprint density at radius 2 is 2.46 bits per heavy atom. The van der Waals surface area contributed by atoms with E-state index in [9.17, 15) is 0 Å². The van der Waals surface area contributed by atoms with Gasteiger partial charge in [-0.25, -0.2) is 0 Å². The summed E-state index contributed by atoms with van der Waals surface area (Å²) in [6.07, 6.45) is 1.74. The lowest BCUT2D eigenvalue weighted by atomic mass is 9.96. The number of nitrogens with one attached hydrogen (secondary N) is 1. The molecular formula is C9H14N2O2. The molecule has 0 aromatic carbocycles. The number of morpholine rings is 1. The molecule has 4 nitrogen and oxygen atoms in total. The minimum atomic E-state index is -0.275. The van der Waals surface area contributed by atoms with Crippen molar-refractivity contribution in [1.82, 2.24) is 10.5 Å². The van der Waals surface area contributed by atoms with Crippen molar-refractivity contribution in [3.8, 4) is 0 Å². The summed E-state index contributed by atoms with van der Waals surface area (Å²) in [5, 5.41) is 7.06. The van der Waals surface area contributed by atoms with Crippen molar-refractivity contribution < 1.29 is 9.26 Å². The van der Waals surface area contributed by atoms with E-state index >= 15 is 0 Å². The van der Waals surface area contributed by atoms with Gasteiger partial charge in [0.2, 0.25) is 0 Å². The molecule has 1 aromatic rings. The van der Waals surface area contributed by atoms with Crippen LogP contribution in [-0.4, -0.2) is 24.9 Å². The monoisotopic (exact) mass is 182 g/mol. The van der Waals surface area contributed by atoms with Gasteiger partial charge in [0, 0.05) is 18.7 Å². The third-order valence-electron chi connectivity index (χ3n) is 2.48. The molecule has 1 aliphatic heterocycles. The van der Waals surface area contributed by atoms with E-state index in [-0.39, 0.29) is 5.60 Å². The standard InChI is InChI=1S/C9H14N2O2/c1-7-8(5-11-13-7)9(2)6-10-3-4-12-9/h5,10H,3-4,6H2,1-2H3. The van der Waals surface area contributed by atoms with E-state index in [0.717, 1.165) is 31.0 Å². The lowest BCUT2D eigenvalue weighted by Crippen LogP contribution is -2.45. The lowest BCUT2D eigenvalue weighted by molar-refractivity contribution is -0.0580. The van der Waals surface area contributed by atoms with Crippen LogP contribution in [0, 0.1) is 6.92 Å². The maximum atomic E-state index is 5.73. The number of hydrogen-bond acceptors (Lipinski definition) is 4. The molecule has 2 heterocycles. The van der Waals surface area contributed by atoms with Crippen LogP contribution in [0.1, 0.15) is 18.2 Å². The summed E-state index contributed by atoms with van der Waals surface area (Å²) < 4.78 is 10.8. The van der Waals surface area contributed by atoms with Crippen LogP contribution in [0.15, 0.2) is 10.7 Å². The number of hydrogen-bond donors (Lipinski definition) is 1. The number of aryl methyl sites for hydroxylation is 1. The molecule has 0 spiro atoms. The Hall–Kier alpha value is -0.870. The molecule has 13 heavy (non-hydrogen) atoms. The highest BCUT2D eigenvalue weighted by Gasteiger charge is 2.33. The Balaban J connectivity index is 2.27. The normalized spacial score (nSPS) is 29.1. The molecule has 2 rings (SSSR count). The highest BCUT2D eigenvalue weighted by atomic mass is 16.5. The third-order valence-corrected chi connectivity index (χ3v) is 2.48. The van der Waals surface area contributed by atoms with Crippen molar-refractivity contribution in [3.63, 3.8) is 0 Å². The lowest BCUT2D eigenvalue weighted by Gasteiger charge is -2.33. The van der Waals surface area contributed by atoms with Crippen LogP contribution in [0.25, 0.3) is 0 Å². The predicted molar refractivity (Wildman–Crippen MR) is 47.4 cm³/mol. The van der Waals surface area contributed by atoms with E-state index in [1.54, 1.807) is 6.20 Å². The van der Waals surface area contributed by atoms with Gasteiger partial charge in [-0.05, 0) is 13.8 Å². The topological polar surface area (TPSA) is 47.3 Å². The van der Waals surface area contributed by atoms with E-state index in [2.05, 4.69) is 17.4 Å². The first-order valence-electron chi connectivity index (χ1n) is 4.49. The molecule has 1 aromatic heterocycles. The zero-order valence-corrected chi connectivity index (χ0v) is 7.96. The Labute approximate surface area is 77.2 Å². The summed E-state index contributed by atoms with van der Waals surface area (Å²) in [4.78, 5) is 0. The quantitative estimate of drug-likeness (QED) is 0.698. The molecule has 1 fully saturated rings. The summed E-state index contributed by atoms with van der Waals surface area (Å²) >= 11 is 0. The Morgan fingerprint density at radius 1 is 1.62 bits per heavy atom. The van der Waals surface area contributed by atoms with Gasteiger partial charge in [0.25, 0.3) is 0 Å². The highest BCUT2D eigenvalue weighted by molar-refractivity contribution is 5.21. The minimum absolute atomic E-state index is 0.275. The number of nitrogens with zero attached hydrogens (tertiary/aromatic N) is 1. The van der Waals surface area contributed by atoms with Gasteiger partial charge in [-0.2, -0.15) is 0 Å². The Kier molecular flexibility index (Phi) is 2.09. The Bertz CT molecular complexity index is 290. The van der Waals surface area contributed by atoms with Gasteiger partial charge in [0.15, 0.2) is 0 Å². The van der Waals surface area contributed by atoms with E-state index in [1.807, 2.05) is 6.92 Å². The van der Waals surface area contributed by atoms with Crippen molar-refractivity contribution in [2.45, 2.75) is 19.4 Å². The van der Waals surface area contributed by atoms with E-state index < -0.39 is 0 Å². The summed E-state index contributed by atoms with van der Waals surface area (Å²) in [7, 11) is 0. The van der Waals surface area contributed by atoms with Crippen molar-refractivity contribution in [3.05, 3.63) is 17.5 Å². The van der Waals surface area contributed by atoms with Crippen LogP contribution in [0.2, 0.25) is 0 Å². The Morgan fingerprint density at radius 3 is 3.00 bits per heavy atom. The number of aromatic nitrogens is 1. The molecule has 0 radical (unpaired) electrons. The molecule has 1 N–H and O–H groups in total. The minimum Gasteiger partial charge on any atom is -0.368 e. The first kappa shape index (κ1) is 8.72. The average Bonchev–Trinajstić information content (AvgIpc) is 2.53. The second-order valence-electron chi connectivity index (χ2n) is 3.55. The van der Waals surface area contributed by atoms with Crippen molar-refractivity contribution in [2.75, 3.05) is 19.7 Å². The zero-order valence-electron chi connectivity index (χ0n) is 7.96. The molecule has 1 unspecified atom stereocenters. The SMILES string of the molecule is Cc1oncc1C1(C)CNCCO1. The summed E-state index contributed by atoms with van der Waals surface area (Å²) in [5.41, 5.74) is 0.766. The zero-order chi connectivity index (χ0) is 9.31. The van der Waals surface area contributed by atoms with Crippen molar-refractivity contribution in [1.29, 1.82) is 0 Å². The fraction of sp³-hybridized carbons (Fsp3) is 0.667. The van der Waals surface area contributed by atoms with Crippen LogP contribution in [-0.2, 0) is 10.3 Å². The molecule has 72 valence electrons. The number of ether oxygens (including phenoxy) is 1. The third kappa shape index (κ3) is 1.47. The van der Waals surface area contributed by atoms with Gasteiger partial charge >= 0.3 is 0 Å². The van der Waals surface area contributed by atoms with Crippen LogP contribution in [0.3, 0.4) is 0 Å². The average molecular weight is 182 g/mol. The fourth-order valence-electron chi connectivity index (χ4n) is 1.71. The van der Waals surface area contributed by atoms with Crippen LogP contribution in [0.4, 0.5) is 0 Å². The van der Waals surface area contributed by atoms with Gasteiger partial charge < -0.3 is 14.6 Å². The molecule has 1 saturated heterocycles. The van der Waals surface area contributed by atoms with Gasteiger partial charge in [-0.1, -0.05) is 5.16 Å². The first-order chi connectivity index (χ1) is 6.22. The summed E-state index contributed by atoms with van der Waals surface area (Å²) in [6.45, 7) is 6.43. The van der Waals surface area contributed by atoms with Gasteiger partial charge in [0.05, 0.1) is 12.8 Å². The maximum absolute atomic E-state index is 5.73. The van der Waals surface area contributed by atoms with E-state index in [1.165, 1.54) is 0 Å². The molecule has 0 saturated carbocycles. The van der Waals surface area contributed by atoms with Crippen molar-refractivity contribution >= 4 is 0 Å². The molecule has 4 heteroatoms. The molecule has 1 atom stereocenters. The fourth-order valence-corrected chi connectivity index (χ4v) is 1.71. The highest BCUT2D eigenvalue weighted by Crippen LogP contribution is 2.28. The first-order valence-corrected chi connectivity index (χ1v) is 4.49. The largest absolute Gasteiger partial charge is 0.368 e. The van der Waals surface area contributed by atoms with Gasteiger partial charge in [0.1, 0.15) is 11.4 Å². The smallest absolute Gasteiger partial charge is 0.139 e. The second-order valence-corrected chi connectivity index (χ2v) is 3.55. The van der Waals surface area contributed by atoms with E-state index in [0.29, 0.717) is 0 Å². The van der Waals surface area contributed by atoms with Crippen LogP contribution in [0.5, 0.6) is 0 Å². The molecule has 0 aliphatic carbocycles.